The number of aromatic amines is 1. The molecule has 1 atom stereocenters. The number of furan rings is 1. The first-order valence-electron chi connectivity index (χ1n) is 9.21. The van der Waals surface area contributed by atoms with Crippen molar-refractivity contribution in [3.8, 4) is 22.6 Å². The maximum atomic E-state index is 12.8. The van der Waals surface area contributed by atoms with Gasteiger partial charge in [-0.3, -0.25) is 4.79 Å². The second kappa shape index (κ2) is 7.58. The first kappa shape index (κ1) is 18.8. The smallest absolute Gasteiger partial charge is 0.277 e. The SMILES string of the molecule is Cc1occc1-c1nnc(S[C@H](C)c2nc3scc(-c4ccccc4)c3c(=O)[nH]2)o1. The van der Waals surface area contributed by atoms with Crippen LogP contribution in [0.25, 0.3) is 32.8 Å². The molecule has 0 bridgehead atoms. The molecule has 4 aromatic heterocycles. The van der Waals surface area contributed by atoms with Crippen LogP contribution in [-0.2, 0) is 0 Å². The van der Waals surface area contributed by atoms with Gasteiger partial charge in [0.05, 0.1) is 22.5 Å². The molecule has 0 saturated heterocycles. The van der Waals surface area contributed by atoms with Crippen LogP contribution in [0.2, 0.25) is 0 Å². The monoisotopic (exact) mass is 436 g/mol. The van der Waals surface area contributed by atoms with Crippen molar-refractivity contribution in [2.75, 3.05) is 0 Å². The maximum absolute atomic E-state index is 12.8. The van der Waals surface area contributed by atoms with E-state index in [1.165, 1.54) is 23.1 Å². The fourth-order valence-electron chi connectivity index (χ4n) is 3.17. The van der Waals surface area contributed by atoms with E-state index in [1.54, 1.807) is 12.3 Å². The average Bonchev–Trinajstić information content (AvgIpc) is 3.48. The predicted molar refractivity (Wildman–Crippen MR) is 117 cm³/mol. The molecule has 0 spiro atoms. The summed E-state index contributed by atoms with van der Waals surface area (Å²) in [5.74, 6) is 1.68. The van der Waals surface area contributed by atoms with E-state index < -0.39 is 0 Å². The van der Waals surface area contributed by atoms with Crippen LogP contribution in [0.5, 0.6) is 0 Å². The molecule has 0 unspecified atom stereocenters. The lowest BCUT2D eigenvalue weighted by Crippen LogP contribution is -2.12. The van der Waals surface area contributed by atoms with Crippen LogP contribution in [0, 0.1) is 6.92 Å². The lowest BCUT2D eigenvalue weighted by Gasteiger charge is -2.07. The third kappa shape index (κ3) is 3.35. The number of benzene rings is 1. The number of aromatic nitrogens is 4. The van der Waals surface area contributed by atoms with Crippen LogP contribution >= 0.6 is 23.1 Å². The van der Waals surface area contributed by atoms with Crippen molar-refractivity contribution in [3.63, 3.8) is 0 Å². The van der Waals surface area contributed by atoms with Gasteiger partial charge in [0.2, 0.25) is 0 Å². The van der Waals surface area contributed by atoms with Gasteiger partial charge in [0, 0.05) is 10.9 Å². The van der Waals surface area contributed by atoms with Gasteiger partial charge in [-0.05, 0) is 25.5 Å². The van der Waals surface area contributed by atoms with Gasteiger partial charge in [-0.25, -0.2) is 4.98 Å². The predicted octanol–water partition coefficient (Wildman–Crippen LogP) is 5.46. The minimum atomic E-state index is -0.178. The number of thiophene rings is 1. The Bertz CT molecular complexity index is 1380. The van der Waals surface area contributed by atoms with Gasteiger partial charge >= 0.3 is 0 Å². The maximum Gasteiger partial charge on any atom is 0.277 e. The molecule has 150 valence electrons. The Morgan fingerprint density at radius 1 is 1.13 bits per heavy atom. The number of rotatable bonds is 5. The van der Waals surface area contributed by atoms with E-state index >= 15 is 0 Å². The average molecular weight is 437 g/mol. The lowest BCUT2D eigenvalue weighted by atomic mass is 10.1. The van der Waals surface area contributed by atoms with Gasteiger partial charge in [-0.2, -0.15) is 0 Å². The van der Waals surface area contributed by atoms with E-state index in [2.05, 4.69) is 20.2 Å². The van der Waals surface area contributed by atoms with Gasteiger partial charge in [-0.1, -0.05) is 42.1 Å². The summed E-state index contributed by atoms with van der Waals surface area (Å²) in [4.78, 5) is 21.2. The Morgan fingerprint density at radius 3 is 2.73 bits per heavy atom. The number of fused-ring (bicyclic) bond motifs is 1. The number of hydrogen-bond acceptors (Lipinski definition) is 8. The first-order valence-corrected chi connectivity index (χ1v) is 11.0. The third-order valence-electron chi connectivity index (χ3n) is 4.71. The summed E-state index contributed by atoms with van der Waals surface area (Å²) in [5.41, 5.74) is 2.51. The number of H-pyrrole nitrogens is 1. The van der Waals surface area contributed by atoms with Crippen LogP contribution < -0.4 is 5.56 Å². The van der Waals surface area contributed by atoms with Crippen LogP contribution in [0.4, 0.5) is 0 Å². The number of aryl methyl sites for hydroxylation is 1. The minimum absolute atomic E-state index is 0.150. The molecule has 0 saturated carbocycles. The highest BCUT2D eigenvalue weighted by molar-refractivity contribution is 7.99. The number of nitrogens with zero attached hydrogens (tertiary/aromatic N) is 3. The number of nitrogens with one attached hydrogen (secondary N) is 1. The fraction of sp³-hybridized carbons (Fsp3) is 0.143. The fourth-order valence-corrected chi connectivity index (χ4v) is 4.86. The summed E-state index contributed by atoms with van der Waals surface area (Å²) in [6.07, 6.45) is 1.58. The van der Waals surface area contributed by atoms with E-state index in [9.17, 15) is 4.79 Å². The number of hydrogen-bond donors (Lipinski definition) is 1. The molecule has 0 aliphatic carbocycles. The zero-order valence-electron chi connectivity index (χ0n) is 16.1. The van der Waals surface area contributed by atoms with Gasteiger partial charge in [-0.15, -0.1) is 21.5 Å². The molecule has 5 rings (SSSR count). The van der Waals surface area contributed by atoms with Crippen molar-refractivity contribution in [2.24, 2.45) is 0 Å². The number of thioether (sulfide) groups is 1. The molecule has 0 aliphatic heterocycles. The van der Waals surface area contributed by atoms with Gasteiger partial charge in [0.15, 0.2) is 0 Å². The Kier molecular flexibility index (Phi) is 4.76. The molecule has 0 amide bonds. The molecule has 30 heavy (non-hydrogen) atoms. The highest BCUT2D eigenvalue weighted by Crippen LogP contribution is 2.36. The molecule has 0 radical (unpaired) electrons. The third-order valence-corrected chi connectivity index (χ3v) is 6.52. The molecule has 4 heterocycles. The van der Waals surface area contributed by atoms with Crippen molar-refractivity contribution in [2.45, 2.75) is 24.3 Å². The molecule has 0 aliphatic rings. The highest BCUT2D eigenvalue weighted by Gasteiger charge is 2.20. The molecular weight excluding hydrogens is 420 g/mol. The first-order chi connectivity index (χ1) is 14.6. The summed E-state index contributed by atoms with van der Waals surface area (Å²) in [6, 6.07) is 11.6. The molecule has 1 N–H and O–H groups in total. The zero-order chi connectivity index (χ0) is 20.7. The Hall–Kier alpha value is -3.17. The summed E-state index contributed by atoms with van der Waals surface area (Å²) < 4.78 is 11.0. The quantitative estimate of drug-likeness (QED) is 0.365. The Morgan fingerprint density at radius 2 is 1.97 bits per heavy atom. The molecule has 0 fully saturated rings. The molecule has 9 heteroatoms. The second-order valence-corrected chi connectivity index (χ2v) is 8.82. The van der Waals surface area contributed by atoms with Crippen LogP contribution in [0.3, 0.4) is 0 Å². The van der Waals surface area contributed by atoms with Gasteiger partial charge in [0.25, 0.3) is 16.7 Å². The standard InChI is InChI=1S/C21H16N4O3S2/c1-11-14(8-9-27-11)19-24-25-21(28-19)30-12(2)17-22-18(26)16-15(10-29-20(16)23-17)13-6-4-3-5-7-13/h3-10,12H,1-2H3,(H,22,23,26)/t12-/m1/s1. The summed E-state index contributed by atoms with van der Waals surface area (Å²) in [5, 5.41) is 11.0. The van der Waals surface area contributed by atoms with Crippen LogP contribution in [0.1, 0.15) is 23.8 Å². The van der Waals surface area contributed by atoms with E-state index in [4.69, 9.17) is 8.83 Å². The minimum Gasteiger partial charge on any atom is -0.469 e. The van der Waals surface area contributed by atoms with Crippen molar-refractivity contribution < 1.29 is 8.83 Å². The van der Waals surface area contributed by atoms with Gasteiger partial charge in [0.1, 0.15) is 16.4 Å². The van der Waals surface area contributed by atoms with E-state index in [0.717, 1.165) is 16.7 Å². The summed E-state index contributed by atoms with van der Waals surface area (Å²) in [7, 11) is 0. The van der Waals surface area contributed by atoms with E-state index in [-0.39, 0.29) is 10.8 Å². The molecule has 7 nitrogen and oxygen atoms in total. The summed E-state index contributed by atoms with van der Waals surface area (Å²) >= 11 is 2.80. The Labute approximate surface area is 179 Å². The molecule has 1 aromatic carbocycles. The molecular formula is C21H16N4O3S2. The highest BCUT2D eigenvalue weighted by atomic mass is 32.2. The zero-order valence-corrected chi connectivity index (χ0v) is 17.7. The van der Waals surface area contributed by atoms with Crippen molar-refractivity contribution in [3.05, 3.63) is 70.0 Å². The van der Waals surface area contributed by atoms with E-state index in [0.29, 0.717) is 32.9 Å². The lowest BCUT2D eigenvalue weighted by molar-refractivity contribution is 0.462. The van der Waals surface area contributed by atoms with Crippen molar-refractivity contribution >= 4 is 33.3 Å². The van der Waals surface area contributed by atoms with Crippen LogP contribution in [0.15, 0.2) is 66.9 Å². The van der Waals surface area contributed by atoms with Crippen molar-refractivity contribution in [1.29, 1.82) is 0 Å². The largest absolute Gasteiger partial charge is 0.469 e. The Balaban J connectivity index is 1.43. The molecule has 5 aromatic rings. The normalized spacial score (nSPS) is 12.5. The second-order valence-electron chi connectivity index (χ2n) is 6.67. The van der Waals surface area contributed by atoms with Crippen LogP contribution in [-0.4, -0.2) is 20.2 Å². The van der Waals surface area contributed by atoms with E-state index in [1.807, 2.05) is 49.6 Å². The van der Waals surface area contributed by atoms with Gasteiger partial charge < -0.3 is 13.8 Å². The topological polar surface area (TPSA) is 97.8 Å². The van der Waals surface area contributed by atoms with Crippen molar-refractivity contribution in [1.82, 2.24) is 20.2 Å². The summed E-state index contributed by atoms with van der Waals surface area (Å²) in [6.45, 7) is 3.77.